The number of hydrogen-bond donors (Lipinski definition) is 1. The predicted molar refractivity (Wildman–Crippen MR) is 64.3 cm³/mol. The van der Waals surface area contributed by atoms with Crippen molar-refractivity contribution in [2.24, 2.45) is 5.41 Å². The van der Waals surface area contributed by atoms with Crippen LogP contribution in [-0.2, 0) is 4.79 Å². The van der Waals surface area contributed by atoms with E-state index in [1.807, 2.05) is 26.8 Å². The van der Waals surface area contributed by atoms with Gasteiger partial charge in [-0.3, -0.25) is 9.59 Å². The molecular formula is C14H16O3. The van der Waals surface area contributed by atoms with Crippen LogP contribution in [0.2, 0.25) is 0 Å². The van der Waals surface area contributed by atoms with Crippen LogP contribution < -0.4 is 0 Å². The molecule has 0 amide bonds. The van der Waals surface area contributed by atoms with Crippen LogP contribution in [0.5, 0.6) is 0 Å². The molecule has 0 aliphatic heterocycles. The molecule has 1 fully saturated rings. The lowest BCUT2D eigenvalue weighted by Crippen LogP contribution is -2.26. The lowest BCUT2D eigenvalue weighted by atomic mass is 9.89. The number of rotatable bonds is 3. The van der Waals surface area contributed by atoms with E-state index in [2.05, 4.69) is 0 Å². The Hall–Kier alpha value is -1.64. The number of aliphatic carboxylic acids is 1. The maximum atomic E-state index is 12.3. The van der Waals surface area contributed by atoms with Crippen molar-refractivity contribution >= 4 is 11.8 Å². The molecule has 0 saturated heterocycles. The Bertz CT molecular complexity index is 510. The highest BCUT2D eigenvalue weighted by Crippen LogP contribution is 2.49. The Morgan fingerprint density at radius 2 is 1.71 bits per heavy atom. The van der Waals surface area contributed by atoms with Gasteiger partial charge in [0.25, 0.3) is 0 Å². The first-order valence-electron chi connectivity index (χ1n) is 5.75. The van der Waals surface area contributed by atoms with E-state index in [0.717, 1.165) is 16.7 Å². The number of aryl methyl sites for hydroxylation is 1. The normalized spacial score (nSPS) is 16.6. The van der Waals surface area contributed by atoms with Crippen LogP contribution >= 0.6 is 0 Å². The van der Waals surface area contributed by atoms with E-state index in [4.69, 9.17) is 5.11 Å². The number of carbonyl (C=O) groups excluding carboxylic acids is 1. The van der Waals surface area contributed by atoms with Crippen molar-refractivity contribution in [1.29, 1.82) is 0 Å². The number of benzene rings is 1. The first-order valence-corrected chi connectivity index (χ1v) is 5.75. The third-order valence-corrected chi connectivity index (χ3v) is 3.90. The molecule has 0 radical (unpaired) electrons. The highest BCUT2D eigenvalue weighted by atomic mass is 16.4. The molecule has 0 heterocycles. The van der Waals surface area contributed by atoms with Gasteiger partial charge in [-0.2, -0.15) is 0 Å². The molecule has 1 aliphatic rings. The minimum atomic E-state index is -1.13. The number of Topliss-reactive ketones (excluding diaryl/α,β-unsaturated/α-hetero) is 1. The van der Waals surface area contributed by atoms with E-state index < -0.39 is 11.4 Å². The molecule has 0 bridgehead atoms. The lowest BCUT2D eigenvalue weighted by molar-refractivity contribution is -0.141. The average Bonchev–Trinajstić information content (AvgIpc) is 3.06. The molecule has 1 aliphatic carbocycles. The highest BCUT2D eigenvalue weighted by molar-refractivity contribution is 6.15. The van der Waals surface area contributed by atoms with Crippen molar-refractivity contribution < 1.29 is 14.7 Å². The van der Waals surface area contributed by atoms with Gasteiger partial charge in [-0.1, -0.05) is 12.1 Å². The van der Waals surface area contributed by atoms with Crippen LogP contribution in [0.15, 0.2) is 12.1 Å². The Morgan fingerprint density at radius 3 is 2.18 bits per heavy atom. The minimum Gasteiger partial charge on any atom is -0.480 e. The molecule has 1 saturated carbocycles. The van der Waals surface area contributed by atoms with E-state index in [9.17, 15) is 9.59 Å². The SMILES string of the molecule is Cc1ccc(C(=O)C2(C(=O)O)CC2)c(C)c1C. The van der Waals surface area contributed by atoms with E-state index in [1.54, 1.807) is 6.07 Å². The molecule has 3 nitrogen and oxygen atoms in total. The minimum absolute atomic E-state index is 0.231. The molecule has 0 spiro atoms. The second-order valence-electron chi connectivity index (χ2n) is 4.90. The van der Waals surface area contributed by atoms with Gasteiger partial charge in [-0.05, 0) is 50.3 Å². The van der Waals surface area contributed by atoms with Gasteiger partial charge in [0, 0.05) is 5.56 Å². The van der Waals surface area contributed by atoms with Crippen LogP contribution in [0.25, 0.3) is 0 Å². The van der Waals surface area contributed by atoms with Crippen molar-refractivity contribution in [3.63, 3.8) is 0 Å². The van der Waals surface area contributed by atoms with E-state index in [0.29, 0.717) is 18.4 Å². The monoisotopic (exact) mass is 232 g/mol. The molecule has 0 unspecified atom stereocenters. The first-order chi connectivity index (χ1) is 7.90. The lowest BCUT2D eigenvalue weighted by Gasteiger charge is -2.14. The van der Waals surface area contributed by atoms with Gasteiger partial charge in [0.2, 0.25) is 0 Å². The zero-order valence-corrected chi connectivity index (χ0v) is 10.3. The number of carboxylic acids is 1. The highest BCUT2D eigenvalue weighted by Gasteiger charge is 2.57. The van der Waals surface area contributed by atoms with Gasteiger partial charge < -0.3 is 5.11 Å². The second-order valence-corrected chi connectivity index (χ2v) is 4.90. The van der Waals surface area contributed by atoms with Gasteiger partial charge in [0.15, 0.2) is 5.78 Å². The van der Waals surface area contributed by atoms with Gasteiger partial charge in [0.1, 0.15) is 5.41 Å². The molecule has 90 valence electrons. The Balaban J connectivity index is 2.46. The summed E-state index contributed by atoms with van der Waals surface area (Å²) in [6.45, 7) is 5.83. The molecule has 3 heteroatoms. The van der Waals surface area contributed by atoms with Crippen molar-refractivity contribution in [3.8, 4) is 0 Å². The van der Waals surface area contributed by atoms with E-state index in [-0.39, 0.29) is 5.78 Å². The molecule has 17 heavy (non-hydrogen) atoms. The van der Waals surface area contributed by atoms with Crippen molar-refractivity contribution in [2.75, 3.05) is 0 Å². The third-order valence-electron chi connectivity index (χ3n) is 3.90. The van der Waals surface area contributed by atoms with Crippen LogP contribution in [0.3, 0.4) is 0 Å². The number of carboxylic acid groups (broad SMARTS) is 1. The Labute approximate surface area is 100 Å². The summed E-state index contributed by atoms with van der Waals surface area (Å²) in [7, 11) is 0. The first kappa shape index (κ1) is 11.8. The zero-order chi connectivity index (χ0) is 12.8. The quantitative estimate of drug-likeness (QED) is 0.644. The summed E-state index contributed by atoms with van der Waals surface area (Å²) in [6, 6.07) is 3.64. The number of ketones is 1. The molecular weight excluding hydrogens is 216 g/mol. The molecule has 2 rings (SSSR count). The Kier molecular flexibility index (Phi) is 2.57. The smallest absolute Gasteiger partial charge is 0.317 e. The van der Waals surface area contributed by atoms with E-state index >= 15 is 0 Å². The van der Waals surface area contributed by atoms with Crippen LogP contribution in [-0.4, -0.2) is 16.9 Å². The molecule has 1 aromatic carbocycles. The Morgan fingerprint density at radius 1 is 1.12 bits per heavy atom. The average molecular weight is 232 g/mol. The van der Waals surface area contributed by atoms with Crippen LogP contribution in [0, 0.1) is 26.2 Å². The van der Waals surface area contributed by atoms with Gasteiger partial charge in [-0.15, -0.1) is 0 Å². The largest absolute Gasteiger partial charge is 0.480 e. The summed E-state index contributed by atoms with van der Waals surface area (Å²) < 4.78 is 0. The summed E-state index contributed by atoms with van der Waals surface area (Å²) in [6.07, 6.45) is 0.932. The fraction of sp³-hybridized carbons (Fsp3) is 0.429. The third kappa shape index (κ3) is 1.66. The molecule has 0 aromatic heterocycles. The van der Waals surface area contributed by atoms with Crippen LogP contribution in [0.4, 0.5) is 0 Å². The number of hydrogen-bond acceptors (Lipinski definition) is 2. The van der Waals surface area contributed by atoms with Crippen molar-refractivity contribution in [1.82, 2.24) is 0 Å². The van der Waals surface area contributed by atoms with Gasteiger partial charge in [-0.25, -0.2) is 0 Å². The van der Waals surface area contributed by atoms with Gasteiger partial charge in [0.05, 0.1) is 0 Å². The summed E-state index contributed by atoms with van der Waals surface area (Å²) in [5.74, 6) is -1.22. The maximum absolute atomic E-state index is 12.3. The van der Waals surface area contributed by atoms with Crippen LogP contribution in [0.1, 0.15) is 39.9 Å². The fourth-order valence-corrected chi connectivity index (χ4v) is 2.12. The molecule has 0 atom stereocenters. The van der Waals surface area contributed by atoms with E-state index in [1.165, 1.54) is 0 Å². The fourth-order valence-electron chi connectivity index (χ4n) is 2.12. The van der Waals surface area contributed by atoms with Gasteiger partial charge >= 0.3 is 5.97 Å². The summed E-state index contributed by atoms with van der Waals surface area (Å²) in [5.41, 5.74) is 2.53. The second kappa shape index (κ2) is 3.69. The molecule has 1 aromatic rings. The summed E-state index contributed by atoms with van der Waals surface area (Å²) in [4.78, 5) is 23.4. The zero-order valence-electron chi connectivity index (χ0n) is 10.3. The van der Waals surface area contributed by atoms with Crippen molar-refractivity contribution in [2.45, 2.75) is 33.6 Å². The summed E-state index contributed by atoms with van der Waals surface area (Å²) in [5, 5.41) is 9.13. The molecule has 1 N–H and O–H groups in total. The predicted octanol–water partition coefficient (Wildman–Crippen LogP) is 2.66. The maximum Gasteiger partial charge on any atom is 0.317 e. The standard InChI is InChI=1S/C14H16O3/c1-8-4-5-11(10(3)9(8)2)12(15)14(6-7-14)13(16)17/h4-5H,6-7H2,1-3H3,(H,16,17). The summed E-state index contributed by atoms with van der Waals surface area (Å²) >= 11 is 0. The topological polar surface area (TPSA) is 54.4 Å². The number of carbonyl (C=O) groups is 2. The van der Waals surface area contributed by atoms with Crippen molar-refractivity contribution in [3.05, 3.63) is 34.4 Å².